The van der Waals surface area contributed by atoms with E-state index < -0.39 is 11.9 Å². The van der Waals surface area contributed by atoms with Gasteiger partial charge < -0.3 is 5.11 Å². The van der Waals surface area contributed by atoms with Crippen LogP contribution in [0.25, 0.3) is 5.57 Å². The van der Waals surface area contributed by atoms with Gasteiger partial charge >= 0.3 is 5.97 Å². The number of allylic oxidation sites excluding steroid dienone is 2. The third-order valence-corrected chi connectivity index (χ3v) is 4.01. The lowest BCUT2D eigenvalue weighted by Crippen LogP contribution is -2.11. The Balaban J connectivity index is 2.34. The molecular formula is C17H20O3. The quantitative estimate of drug-likeness (QED) is 0.907. The monoisotopic (exact) mass is 272 g/mol. The summed E-state index contributed by atoms with van der Waals surface area (Å²) >= 11 is 0. The lowest BCUT2D eigenvalue weighted by molar-refractivity contribution is -0.138. The number of hydrogen-bond donors (Lipinski definition) is 1. The highest BCUT2D eigenvalue weighted by molar-refractivity contribution is 6.04. The second-order valence-electron chi connectivity index (χ2n) is 5.27. The van der Waals surface area contributed by atoms with Gasteiger partial charge in [-0.15, -0.1) is 0 Å². The number of aliphatic carboxylic acids is 1. The standard InChI is InChI=1S/C17H20O3/c1-3-14-15(5-4-6-16(14)18)13-9-7-12(8-10-13)11(2)17(19)20/h7-11H,3-6H2,1-2H3,(H,19,20). The third-order valence-electron chi connectivity index (χ3n) is 4.01. The van der Waals surface area contributed by atoms with E-state index >= 15 is 0 Å². The lowest BCUT2D eigenvalue weighted by atomic mass is 9.85. The van der Waals surface area contributed by atoms with Crippen molar-refractivity contribution in [2.75, 3.05) is 0 Å². The second-order valence-corrected chi connectivity index (χ2v) is 5.27. The Morgan fingerprint density at radius 3 is 2.45 bits per heavy atom. The average Bonchev–Trinajstić information content (AvgIpc) is 2.46. The van der Waals surface area contributed by atoms with E-state index in [0.717, 1.165) is 41.5 Å². The second kappa shape index (κ2) is 6.04. The van der Waals surface area contributed by atoms with Crippen LogP contribution in [-0.4, -0.2) is 16.9 Å². The van der Waals surface area contributed by atoms with Gasteiger partial charge in [0.2, 0.25) is 0 Å². The van der Waals surface area contributed by atoms with Gasteiger partial charge in [-0.2, -0.15) is 0 Å². The molecule has 0 saturated heterocycles. The normalized spacial score (nSPS) is 17.2. The summed E-state index contributed by atoms with van der Waals surface area (Å²) in [4.78, 5) is 22.9. The van der Waals surface area contributed by atoms with E-state index in [1.54, 1.807) is 6.92 Å². The fourth-order valence-electron chi connectivity index (χ4n) is 2.74. The summed E-state index contributed by atoms with van der Waals surface area (Å²) in [5, 5.41) is 9.01. The Bertz CT molecular complexity index is 552. The zero-order valence-corrected chi connectivity index (χ0v) is 12.0. The van der Waals surface area contributed by atoms with Crippen LogP contribution in [0.4, 0.5) is 0 Å². The van der Waals surface area contributed by atoms with Crippen molar-refractivity contribution in [1.82, 2.24) is 0 Å². The number of benzene rings is 1. The van der Waals surface area contributed by atoms with Crippen molar-refractivity contribution in [3.63, 3.8) is 0 Å². The van der Waals surface area contributed by atoms with Gasteiger partial charge in [0.15, 0.2) is 5.78 Å². The summed E-state index contributed by atoms with van der Waals surface area (Å²) in [6, 6.07) is 7.59. The SMILES string of the molecule is CCC1=C(c2ccc(C(C)C(=O)O)cc2)CCCC1=O. The van der Waals surface area contributed by atoms with Gasteiger partial charge in [0.1, 0.15) is 0 Å². The van der Waals surface area contributed by atoms with Gasteiger partial charge in [0, 0.05) is 6.42 Å². The van der Waals surface area contributed by atoms with E-state index in [-0.39, 0.29) is 5.78 Å². The van der Waals surface area contributed by atoms with Crippen molar-refractivity contribution in [2.45, 2.75) is 45.4 Å². The first-order valence-corrected chi connectivity index (χ1v) is 7.13. The number of carboxylic acids is 1. The summed E-state index contributed by atoms with van der Waals surface area (Å²) in [7, 11) is 0. The fourth-order valence-corrected chi connectivity index (χ4v) is 2.74. The molecule has 0 bridgehead atoms. The maximum atomic E-state index is 11.9. The molecule has 1 N–H and O–H groups in total. The van der Waals surface area contributed by atoms with Gasteiger partial charge in [-0.05, 0) is 48.5 Å². The maximum absolute atomic E-state index is 11.9. The number of carbonyl (C=O) groups excluding carboxylic acids is 1. The first kappa shape index (κ1) is 14.5. The van der Waals surface area contributed by atoms with Crippen molar-refractivity contribution in [3.05, 3.63) is 41.0 Å². The molecule has 0 spiro atoms. The molecule has 106 valence electrons. The molecule has 1 unspecified atom stereocenters. The minimum Gasteiger partial charge on any atom is -0.481 e. The fraction of sp³-hybridized carbons (Fsp3) is 0.412. The molecule has 1 atom stereocenters. The Morgan fingerprint density at radius 1 is 1.25 bits per heavy atom. The van der Waals surface area contributed by atoms with Crippen LogP contribution in [-0.2, 0) is 9.59 Å². The van der Waals surface area contributed by atoms with Crippen molar-refractivity contribution in [3.8, 4) is 0 Å². The minimum atomic E-state index is -0.820. The van der Waals surface area contributed by atoms with Crippen LogP contribution in [0.5, 0.6) is 0 Å². The summed E-state index contributed by atoms with van der Waals surface area (Å²) in [5.74, 6) is -1.06. The molecule has 0 amide bonds. The third kappa shape index (κ3) is 2.82. The smallest absolute Gasteiger partial charge is 0.310 e. The van der Waals surface area contributed by atoms with Crippen LogP contribution in [0, 0.1) is 0 Å². The lowest BCUT2D eigenvalue weighted by Gasteiger charge is -2.19. The number of carboxylic acid groups (broad SMARTS) is 1. The molecule has 3 heteroatoms. The average molecular weight is 272 g/mol. The van der Waals surface area contributed by atoms with E-state index in [9.17, 15) is 9.59 Å². The summed E-state index contributed by atoms with van der Waals surface area (Å²) in [5.41, 5.74) is 3.92. The van der Waals surface area contributed by atoms with Crippen molar-refractivity contribution < 1.29 is 14.7 Å². The number of rotatable bonds is 4. The Hall–Kier alpha value is -1.90. The number of carbonyl (C=O) groups is 2. The van der Waals surface area contributed by atoms with E-state index in [2.05, 4.69) is 0 Å². The van der Waals surface area contributed by atoms with Crippen LogP contribution < -0.4 is 0 Å². The van der Waals surface area contributed by atoms with E-state index in [4.69, 9.17) is 5.11 Å². The molecule has 0 heterocycles. The molecular weight excluding hydrogens is 252 g/mol. The van der Waals surface area contributed by atoms with Crippen LogP contribution >= 0.6 is 0 Å². The molecule has 0 aromatic heterocycles. The van der Waals surface area contributed by atoms with E-state index in [0.29, 0.717) is 6.42 Å². The largest absolute Gasteiger partial charge is 0.481 e. The van der Waals surface area contributed by atoms with Crippen LogP contribution in [0.1, 0.15) is 56.6 Å². The van der Waals surface area contributed by atoms with E-state index in [1.807, 2.05) is 31.2 Å². The summed E-state index contributed by atoms with van der Waals surface area (Å²) in [6.45, 7) is 3.69. The first-order chi connectivity index (χ1) is 9.54. The van der Waals surface area contributed by atoms with Crippen LogP contribution in [0.15, 0.2) is 29.8 Å². The highest BCUT2D eigenvalue weighted by Crippen LogP contribution is 2.32. The molecule has 2 rings (SSSR count). The molecule has 3 nitrogen and oxygen atoms in total. The molecule has 20 heavy (non-hydrogen) atoms. The number of hydrogen-bond acceptors (Lipinski definition) is 2. The Labute approximate surface area is 119 Å². The van der Waals surface area contributed by atoms with Gasteiger partial charge in [-0.3, -0.25) is 9.59 Å². The molecule has 0 radical (unpaired) electrons. The topological polar surface area (TPSA) is 54.4 Å². The van der Waals surface area contributed by atoms with Gasteiger partial charge in [0.25, 0.3) is 0 Å². The zero-order chi connectivity index (χ0) is 14.7. The van der Waals surface area contributed by atoms with Crippen molar-refractivity contribution in [2.24, 2.45) is 0 Å². The Kier molecular flexibility index (Phi) is 4.38. The van der Waals surface area contributed by atoms with Gasteiger partial charge in [0.05, 0.1) is 5.92 Å². The van der Waals surface area contributed by atoms with E-state index in [1.165, 1.54) is 0 Å². The zero-order valence-electron chi connectivity index (χ0n) is 12.0. The highest BCUT2D eigenvalue weighted by atomic mass is 16.4. The predicted octanol–water partition coefficient (Wildman–Crippen LogP) is 3.79. The molecule has 1 aromatic rings. The van der Waals surface area contributed by atoms with Crippen molar-refractivity contribution in [1.29, 1.82) is 0 Å². The summed E-state index contributed by atoms with van der Waals surface area (Å²) in [6.07, 6.45) is 3.26. The first-order valence-electron chi connectivity index (χ1n) is 7.13. The number of Topliss-reactive ketones (excluding diaryl/α,β-unsaturated/α-hetero) is 1. The molecule has 1 aromatic carbocycles. The van der Waals surface area contributed by atoms with Gasteiger partial charge in [-0.1, -0.05) is 31.2 Å². The molecule has 0 aliphatic heterocycles. The van der Waals surface area contributed by atoms with Gasteiger partial charge in [-0.25, -0.2) is 0 Å². The molecule has 0 fully saturated rings. The molecule has 1 aliphatic rings. The summed E-state index contributed by atoms with van der Waals surface area (Å²) < 4.78 is 0. The van der Waals surface area contributed by atoms with Crippen LogP contribution in [0.3, 0.4) is 0 Å². The predicted molar refractivity (Wildman–Crippen MR) is 78.6 cm³/mol. The minimum absolute atomic E-state index is 0.261. The highest BCUT2D eigenvalue weighted by Gasteiger charge is 2.20. The Morgan fingerprint density at radius 2 is 1.90 bits per heavy atom. The maximum Gasteiger partial charge on any atom is 0.310 e. The van der Waals surface area contributed by atoms with Crippen molar-refractivity contribution >= 4 is 17.3 Å². The number of ketones is 1. The van der Waals surface area contributed by atoms with Crippen LogP contribution in [0.2, 0.25) is 0 Å². The molecule has 0 saturated carbocycles. The molecule has 1 aliphatic carbocycles.